The van der Waals surface area contributed by atoms with Crippen molar-refractivity contribution in [2.24, 2.45) is 5.73 Å². The molecule has 2 aromatic carbocycles. The van der Waals surface area contributed by atoms with Crippen molar-refractivity contribution in [1.29, 1.82) is 5.26 Å². The predicted molar refractivity (Wildman–Crippen MR) is 84.8 cm³/mol. The molecule has 2 rings (SSSR count). The number of amides is 1. The van der Waals surface area contributed by atoms with Crippen LogP contribution in [0.5, 0.6) is 0 Å². The van der Waals surface area contributed by atoms with E-state index in [4.69, 9.17) is 11.0 Å². The molecule has 3 N–H and O–H groups in total. The van der Waals surface area contributed by atoms with Crippen molar-refractivity contribution in [3.63, 3.8) is 0 Å². The number of carbonyl (C=O) groups excluding carboxylic acids is 1. The molecule has 0 aliphatic carbocycles. The van der Waals surface area contributed by atoms with Crippen LogP contribution in [0.2, 0.25) is 0 Å². The summed E-state index contributed by atoms with van der Waals surface area (Å²) in [5, 5.41) is 12.4. The van der Waals surface area contributed by atoms with Crippen molar-refractivity contribution >= 4 is 23.4 Å². The van der Waals surface area contributed by atoms with Crippen LogP contribution in [0.3, 0.4) is 0 Å². The average Bonchev–Trinajstić information content (AvgIpc) is 2.51. The van der Waals surface area contributed by atoms with E-state index in [-0.39, 0.29) is 11.7 Å². The average molecular weight is 297 g/mol. The lowest BCUT2D eigenvalue weighted by molar-refractivity contribution is -0.115. The summed E-state index contributed by atoms with van der Waals surface area (Å²) < 4.78 is 0. The zero-order chi connectivity index (χ0) is 15.1. The van der Waals surface area contributed by atoms with Crippen molar-refractivity contribution in [2.45, 2.75) is 11.4 Å². The van der Waals surface area contributed by atoms with E-state index in [1.54, 1.807) is 6.07 Å². The molecule has 0 unspecified atom stereocenters. The number of nitrogens with two attached hydrogens (primary N) is 1. The minimum absolute atomic E-state index is 0.244. The predicted octanol–water partition coefficient (Wildman–Crippen LogP) is 2.75. The molecule has 0 spiro atoms. The molecule has 0 aliphatic rings. The summed E-state index contributed by atoms with van der Waals surface area (Å²) in [6.07, 6.45) is 0. The number of nitrogens with one attached hydrogen (secondary N) is 1. The summed E-state index contributed by atoms with van der Waals surface area (Å²) in [5.74, 6) is -0.0994. The number of hydrogen-bond donors (Lipinski definition) is 2. The van der Waals surface area contributed by atoms with E-state index in [9.17, 15) is 4.79 Å². The summed E-state index contributed by atoms with van der Waals surface area (Å²) in [6.45, 7) is 0.553. The molecule has 0 saturated carbocycles. The van der Waals surface area contributed by atoms with Crippen LogP contribution in [0.15, 0.2) is 53.4 Å². The summed E-state index contributed by atoms with van der Waals surface area (Å²) >= 11 is 1.40. The van der Waals surface area contributed by atoms with Crippen LogP contribution < -0.4 is 11.1 Å². The molecule has 0 bridgehead atoms. The van der Waals surface area contributed by atoms with Gasteiger partial charge in [0.1, 0.15) is 0 Å². The van der Waals surface area contributed by atoms with Crippen LogP contribution in [0, 0.1) is 11.3 Å². The van der Waals surface area contributed by atoms with E-state index < -0.39 is 0 Å². The largest absolute Gasteiger partial charge is 0.380 e. The van der Waals surface area contributed by atoms with Gasteiger partial charge >= 0.3 is 0 Å². The van der Waals surface area contributed by atoms with Gasteiger partial charge in [-0.1, -0.05) is 30.3 Å². The Kier molecular flexibility index (Phi) is 5.24. The maximum atomic E-state index is 10.9. The quantitative estimate of drug-likeness (QED) is 0.804. The minimum atomic E-state index is -0.343. The van der Waals surface area contributed by atoms with Gasteiger partial charge in [0.15, 0.2) is 0 Å². The molecule has 5 heteroatoms. The number of primary amides is 1. The molecule has 0 heterocycles. The topological polar surface area (TPSA) is 78.9 Å². The van der Waals surface area contributed by atoms with E-state index in [1.165, 1.54) is 11.8 Å². The SMILES string of the molecule is N#Cc1ccccc1CNc1ccccc1SCC(N)=O. The molecule has 21 heavy (non-hydrogen) atoms. The van der Waals surface area contributed by atoms with Crippen molar-refractivity contribution < 1.29 is 4.79 Å². The van der Waals surface area contributed by atoms with Gasteiger partial charge in [-0.3, -0.25) is 4.79 Å². The number of para-hydroxylation sites is 1. The second kappa shape index (κ2) is 7.36. The van der Waals surface area contributed by atoms with E-state index in [1.807, 2.05) is 42.5 Å². The van der Waals surface area contributed by atoms with Gasteiger partial charge in [0.2, 0.25) is 5.91 Å². The van der Waals surface area contributed by atoms with Crippen molar-refractivity contribution in [1.82, 2.24) is 0 Å². The van der Waals surface area contributed by atoms with E-state index in [0.717, 1.165) is 16.1 Å². The molecule has 1 amide bonds. The number of nitriles is 1. The first-order chi connectivity index (χ1) is 10.2. The van der Waals surface area contributed by atoms with Crippen LogP contribution in [0.4, 0.5) is 5.69 Å². The Morgan fingerprint density at radius 1 is 1.19 bits per heavy atom. The van der Waals surface area contributed by atoms with Gasteiger partial charge in [0, 0.05) is 17.1 Å². The van der Waals surface area contributed by atoms with Crippen LogP contribution in [-0.2, 0) is 11.3 Å². The molecule has 2 aromatic rings. The van der Waals surface area contributed by atoms with Crippen molar-refractivity contribution in [2.75, 3.05) is 11.1 Å². The Morgan fingerprint density at radius 2 is 1.90 bits per heavy atom. The smallest absolute Gasteiger partial charge is 0.227 e. The third-order valence-electron chi connectivity index (χ3n) is 2.86. The molecular weight excluding hydrogens is 282 g/mol. The highest BCUT2D eigenvalue weighted by molar-refractivity contribution is 8.00. The number of thioether (sulfide) groups is 1. The molecule has 106 valence electrons. The standard InChI is InChI=1S/C16H15N3OS/c17-9-12-5-1-2-6-13(12)10-19-14-7-3-4-8-15(14)21-11-16(18)20/h1-8,19H,10-11H2,(H2,18,20). The molecule has 0 radical (unpaired) electrons. The maximum Gasteiger partial charge on any atom is 0.227 e. The Labute approximate surface area is 128 Å². The first kappa shape index (κ1) is 14.9. The molecule has 0 aromatic heterocycles. The van der Waals surface area contributed by atoms with E-state index in [0.29, 0.717) is 12.1 Å². The summed E-state index contributed by atoms with van der Waals surface area (Å²) in [6, 6.07) is 17.4. The number of rotatable bonds is 6. The second-order valence-corrected chi connectivity index (χ2v) is 5.39. The van der Waals surface area contributed by atoms with Gasteiger partial charge in [0.05, 0.1) is 17.4 Å². The monoisotopic (exact) mass is 297 g/mol. The number of anilines is 1. The van der Waals surface area contributed by atoms with E-state index >= 15 is 0 Å². The fourth-order valence-electron chi connectivity index (χ4n) is 1.86. The third kappa shape index (κ3) is 4.26. The van der Waals surface area contributed by atoms with Crippen molar-refractivity contribution in [3.05, 3.63) is 59.7 Å². The number of nitrogens with zero attached hydrogens (tertiary/aromatic N) is 1. The molecule has 0 saturated heterocycles. The Bertz CT molecular complexity index is 679. The van der Waals surface area contributed by atoms with Gasteiger partial charge in [-0.05, 0) is 23.8 Å². The van der Waals surface area contributed by atoms with E-state index in [2.05, 4.69) is 11.4 Å². The van der Waals surface area contributed by atoms with Crippen LogP contribution in [0.25, 0.3) is 0 Å². The highest BCUT2D eigenvalue weighted by Crippen LogP contribution is 2.27. The first-order valence-corrected chi connectivity index (χ1v) is 7.41. The Morgan fingerprint density at radius 3 is 2.67 bits per heavy atom. The zero-order valence-electron chi connectivity index (χ0n) is 11.4. The zero-order valence-corrected chi connectivity index (χ0v) is 12.2. The van der Waals surface area contributed by atoms with Gasteiger partial charge in [-0.25, -0.2) is 0 Å². The number of hydrogen-bond acceptors (Lipinski definition) is 4. The highest BCUT2D eigenvalue weighted by atomic mass is 32.2. The Hall–Kier alpha value is -2.45. The van der Waals surface area contributed by atoms with Gasteiger partial charge < -0.3 is 11.1 Å². The minimum Gasteiger partial charge on any atom is -0.380 e. The molecule has 4 nitrogen and oxygen atoms in total. The van der Waals surface area contributed by atoms with Gasteiger partial charge in [-0.15, -0.1) is 11.8 Å². The third-order valence-corrected chi connectivity index (χ3v) is 3.96. The Balaban J connectivity index is 2.09. The highest BCUT2D eigenvalue weighted by Gasteiger charge is 2.05. The fourth-order valence-corrected chi connectivity index (χ4v) is 2.63. The summed E-state index contributed by atoms with van der Waals surface area (Å²) in [5.41, 5.74) is 7.70. The second-order valence-electron chi connectivity index (χ2n) is 4.37. The fraction of sp³-hybridized carbons (Fsp3) is 0.125. The molecule has 0 aliphatic heterocycles. The maximum absolute atomic E-state index is 10.9. The normalized spacial score (nSPS) is 9.86. The first-order valence-electron chi connectivity index (χ1n) is 6.42. The summed E-state index contributed by atoms with van der Waals surface area (Å²) in [4.78, 5) is 11.9. The number of carbonyl (C=O) groups is 1. The molecular formula is C16H15N3OS. The molecule has 0 atom stereocenters. The lowest BCUT2D eigenvalue weighted by atomic mass is 10.1. The lowest BCUT2D eigenvalue weighted by Crippen LogP contribution is -2.13. The van der Waals surface area contributed by atoms with Gasteiger partial charge in [0.25, 0.3) is 0 Å². The van der Waals surface area contributed by atoms with Crippen LogP contribution >= 0.6 is 11.8 Å². The van der Waals surface area contributed by atoms with Crippen LogP contribution in [0.1, 0.15) is 11.1 Å². The number of benzene rings is 2. The molecule has 0 fully saturated rings. The van der Waals surface area contributed by atoms with Crippen LogP contribution in [-0.4, -0.2) is 11.7 Å². The van der Waals surface area contributed by atoms with Gasteiger partial charge in [-0.2, -0.15) is 5.26 Å². The van der Waals surface area contributed by atoms with Crippen molar-refractivity contribution in [3.8, 4) is 6.07 Å². The lowest BCUT2D eigenvalue weighted by Gasteiger charge is -2.12. The summed E-state index contributed by atoms with van der Waals surface area (Å²) in [7, 11) is 0.